The summed E-state index contributed by atoms with van der Waals surface area (Å²) in [5.41, 5.74) is 5.50. The molecule has 6 nitrogen and oxygen atoms in total. The third-order valence-corrected chi connectivity index (χ3v) is 3.18. The Balaban J connectivity index is 2.10. The first-order chi connectivity index (χ1) is 8.24. The summed E-state index contributed by atoms with van der Waals surface area (Å²) in [6.07, 6.45) is -1.90. The standard InChI is InChI=1S/C12H23NO5/c1-11(2)15-6-8(16-11)10-9(7(14)5-13)17-12(3,4)18-10/h7-10,14H,5-6,13H2,1-4H3/t7-,8+,9+,10+/m0/s1. The summed E-state index contributed by atoms with van der Waals surface area (Å²) in [4.78, 5) is 0. The van der Waals surface area contributed by atoms with E-state index in [1.165, 1.54) is 0 Å². The van der Waals surface area contributed by atoms with Crippen LogP contribution in [0.15, 0.2) is 0 Å². The number of aliphatic hydroxyl groups excluding tert-OH is 1. The Labute approximate surface area is 107 Å². The molecule has 0 spiro atoms. The van der Waals surface area contributed by atoms with E-state index in [0.717, 1.165) is 0 Å². The van der Waals surface area contributed by atoms with Gasteiger partial charge in [0.15, 0.2) is 11.6 Å². The molecule has 106 valence electrons. The van der Waals surface area contributed by atoms with Gasteiger partial charge in [-0.1, -0.05) is 0 Å². The first-order valence-electron chi connectivity index (χ1n) is 6.30. The summed E-state index contributed by atoms with van der Waals surface area (Å²) in [6.45, 7) is 7.86. The molecule has 18 heavy (non-hydrogen) atoms. The van der Waals surface area contributed by atoms with Gasteiger partial charge in [0.25, 0.3) is 0 Å². The monoisotopic (exact) mass is 261 g/mol. The molecule has 0 aromatic heterocycles. The van der Waals surface area contributed by atoms with Crippen molar-refractivity contribution in [3.05, 3.63) is 0 Å². The van der Waals surface area contributed by atoms with Gasteiger partial charge in [-0.15, -0.1) is 0 Å². The fraction of sp³-hybridized carbons (Fsp3) is 1.00. The van der Waals surface area contributed by atoms with E-state index in [-0.39, 0.29) is 18.8 Å². The Morgan fingerprint density at radius 3 is 2.33 bits per heavy atom. The zero-order valence-corrected chi connectivity index (χ0v) is 11.4. The number of hydrogen-bond acceptors (Lipinski definition) is 6. The van der Waals surface area contributed by atoms with Gasteiger partial charge in [0.2, 0.25) is 0 Å². The van der Waals surface area contributed by atoms with Crippen LogP contribution in [0, 0.1) is 0 Å². The fourth-order valence-electron chi connectivity index (χ4n) is 2.41. The summed E-state index contributed by atoms with van der Waals surface area (Å²) < 4.78 is 22.8. The quantitative estimate of drug-likeness (QED) is 0.743. The normalized spacial score (nSPS) is 40.0. The lowest BCUT2D eigenvalue weighted by atomic mass is 10.0. The minimum atomic E-state index is -0.774. The van der Waals surface area contributed by atoms with E-state index >= 15 is 0 Å². The van der Waals surface area contributed by atoms with Gasteiger partial charge in [-0.05, 0) is 27.7 Å². The molecule has 0 aliphatic carbocycles. The van der Waals surface area contributed by atoms with Crippen LogP contribution in [0.25, 0.3) is 0 Å². The van der Waals surface area contributed by atoms with Crippen molar-refractivity contribution in [3.8, 4) is 0 Å². The molecule has 4 atom stereocenters. The van der Waals surface area contributed by atoms with E-state index in [1.807, 2.05) is 27.7 Å². The maximum absolute atomic E-state index is 9.92. The molecule has 0 aromatic rings. The predicted molar refractivity (Wildman–Crippen MR) is 63.8 cm³/mol. The van der Waals surface area contributed by atoms with Crippen LogP contribution >= 0.6 is 0 Å². The lowest BCUT2D eigenvalue weighted by Crippen LogP contribution is -2.46. The maximum atomic E-state index is 9.92. The molecule has 0 aromatic carbocycles. The number of ether oxygens (including phenoxy) is 4. The molecule has 0 saturated carbocycles. The van der Waals surface area contributed by atoms with Gasteiger partial charge < -0.3 is 29.8 Å². The molecule has 0 radical (unpaired) electrons. The van der Waals surface area contributed by atoms with Crippen molar-refractivity contribution in [3.63, 3.8) is 0 Å². The topological polar surface area (TPSA) is 83.2 Å². The van der Waals surface area contributed by atoms with E-state index in [0.29, 0.717) is 6.61 Å². The SMILES string of the molecule is CC1(C)O[C@H]([C@@H](O)CN)[C@@H]([C@H]2COC(C)(C)O2)O1. The molecule has 2 aliphatic rings. The highest BCUT2D eigenvalue weighted by atomic mass is 16.8. The third kappa shape index (κ3) is 2.84. The Hall–Kier alpha value is -0.240. The summed E-state index contributed by atoms with van der Waals surface area (Å²) in [5.74, 6) is -1.37. The van der Waals surface area contributed by atoms with Gasteiger partial charge in [-0.2, -0.15) is 0 Å². The number of nitrogens with two attached hydrogens (primary N) is 1. The van der Waals surface area contributed by atoms with Crippen molar-refractivity contribution in [2.45, 2.75) is 63.7 Å². The van der Waals surface area contributed by atoms with Crippen LogP contribution in [0.4, 0.5) is 0 Å². The molecule has 0 amide bonds. The second-order valence-corrected chi connectivity index (χ2v) is 5.73. The lowest BCUT2D eigenvalue weighted by molar-refractivity contribution is -0.175. The maximum Gasteiger partial charge on any atom is 0.164 e. The van der Waals surface area contributed by atoms with Gasteiger partial charge in [0.1, 0.15) is 18.3 Å². The average Bonchev–Trinajstić information content (AvgIpc) is 2.77. The van der Waals surface area contributed by atoms with Crippen molar-refractivity contribution in [1.29, 1.82) is 0 Å². The summed E-state index contributed by atoms with van der Waals surface area (Å²) in [6, 6.07) is 0. The molecule has 2 heterocycles. The zero-order valence-electron chi connectivity index (χ0n) is 11.4. The molecule has 0 bridgehead atoms. The van der Waals surface area contributed by atoms with Crippen molar-refractivity contribution in [2.75, 3.05) is 13.2 Å². The molecular weight excluding hydrogens is 238 g/mol. The minimum Gasteiger partial charge on any atom is -0.389 e. The molecule has 6 heteroatoms. The van der Waals surface area contributed by atoms with Crippen molar-refractivity contribution < 1.29 is 24.1 Å². The smallest absolute Gasteiger partial charge is 0.164 e. The van der Waals surface area contributed by atoms with Crippen molar-refractivity contribution in [2.24, 2.45) is 5.73 Å². The van der Waals surface area contributed by atoms with Crippen LogP contribution in [-0.4, -0.2) is 54.2 Å². The molecular formula is C12H23NO5. The summed E-state index contributed by atoms with van der Waals surface area (Å²) in [7, 11) is 0. The van der Waals surface area contributed by atoms with Gasteiger partial charge in [0.05, 0.1) is 12.7 Å². The summed E-state index contributed by atoms with van der Waals surface area (Å²) in [5, 5.41) is 9.92. The number of aliphatic hydroxyl groups is 1. The highest BCUT2D eigenvalue weighted by Crippen LogP contribution is 2.36. The largest absolute Gasteiger partial charge is 0.389 e. The first kappa shape index (κ1) is 14.2. The van der Waals surface area contributed by atoms with E-state index in [2.05, 4.69) is 0 Å². The Bertz CT molecular complexity index is 307. The average molecular weight is 261 g/mol. The number of hydrogen-bond donors (Lipinski definition) is 2. The summed E-state index contributed by atoms with van der Waals surface area (Å²) >= 11 is 0. The molecule has 2 fully saturated rings. The minimum absolute atomic E-state index is 0.123. The van der Waals surface area contributed by atoms with Crippen LogP contribution in [0.3, 0.4) is 0 Å². The molecule has 2 rings (SSSR count). The van der Waals surface area contributed by atoms with Gasteiger partial charge in [-0.25, -0.2) is 0 Å². The fourth-order valence-corrected chi connectivity index (χ4v) is 2.41. The molecule has 2 aliphatic heterocycles. The van der Waals surface area contributed by atoms with E-state index in [4.69, 9.17) is 24.7 Å². The Kier molecular flexibility index (Phi) is 3.70. The van der Waals surface area contributed by atoms with E-state index < -0.39 is 23.8 Å². The van der Waals surface area contributed by atoms with Crippen LogP contribution in [0.2, 0.25) is 0 Å². The predicted octanol–water partition coefficient (Wildman–Crippen LogP) is -0.0224. The van der Waals surface area contributed by atoms with Crippen LogP contribution < -0.4 is 5.73 Å². The first-order valence-corrected chi connectivity index (χ1v) is 6.30. The number of rotatable bonds is 3. The lowest BCUT2D eigenvalue weighted by Gasteiger charge is -2.25. The van der Waals surface area contributed by atoms with Crippen molar-refractivity contribution in [1.82, 2.24) is 0 Å². The Morgan fingerprint density at radius 1 is 1.17 bits per heavy atom. The van der Waals surface area contributed by atoms with Crippen LogP contribution in [-0.2, 0) is 18.9 Å². The zero-order chi connectivity index (χ0) is 13.6. The van der Waals surface area contributed by atoms with Gasteiger partial charge in [0, 0.05) is 6.54 Å². The van der Waals surface area contributed by atoms with Crippen molar-refractivity contribution >= 4 is 0 Å². The second-order valence-electron chi connectivity index (χ2n) is 5.73. The van der Waals surface area contributed by atoms with E-state index in [1.54, 1.807) is 0 Å². The van der Waals surface area contributed by atoms with Crippen LogP contribution in [0.1, 0.15) is 27.7 Å². The highest BCUT2D eigenvalue weighted by Gasteiger charge is 2.51. The van der Waals surface area contributed by atoms with E-state index in [9.17, 15) is 5.11 Å². The molecule has 2 saturated heterocycles. The van der Waals surface area contributed by atoms with Gasteiger partial charge in [-0.3, -0.25) is 0 Å². The highest BCUT2D eigenvalue weighted by molar-refractivity contribution is 4.93. The third-order valence-electron chi connectivity index (χ3n) is 3.18. The molecule has 0 unspecified atom stereocenters. The Morgan fingerprint density at radius 2 is 1.83 bits per heavy atom. The molecule has 3 N–H and O–H groups in total. The van der Waals surface area contributed by atoms with Crippen LogP contribution in [0.5, 0.6) is 0 Å². The second kappa shape index (κ2) is 4.70. The van der Waals surface area contributed by atoms with Gasteiger partial charge >= 0.3 is 0 Å².